The van der Waals surface area contributed by atoms with Gasteiger partial charge in [0.1, 0.15) is 0 Å². The van der Waals surface area contributed by atoms with Gasteiger partial charge in [-0.2, -0.15) is 0 Å². The van der Waals surface area contributed by atoms with E-state index in [0.29, 0.717) is 12.0 Å². The van der Waals surface area contributed by atoms with E-state index in [4.69, 9.17) is 0 Å². The van der Waals surface area contributed by atoms with Crippen LogP contribution in [0.2, 0.25) is 0 Å². The van der Waals surface area contributed by atoms with Crippen molar-refractivity contribution in [3.63, 3.8) is 0 Å². The van der Waals surface area contributed by atoms with Crippen molar-refractivity contribution in [3.8, 4) is 0 Å². The van der Waals surface area contributed by atoms with E-state index in [0.717, 1.165) is 41.4 Å². The van der Waals surface area contributed by atoms with Gasteiger partial charge < -0.3 is 4.90 Å². The summed E-state index contributed by atoms with van der Waals surface area (Å²) in [5.74, 6) is 0.839. The van der Waals surface area contributed by atoms with Gasteiger partial charge in [-0.3, -0.25) is 4.79 Å². The van der Waals surface area contributed by atoms with Crippen molar-refractivity contribution in [2.24, 2.45) is 5.92 Å². The molecule has 0 atom stereocenters. The van der Waals surface area contributed by atoms with Crippen LogP contribution in [0.5, 0.6) is 0 Å². The summed E-state index contributed by atoms with van der Waals surface area (Å²) in [6.45, 7) is 7.35. The third-order valence-corrected chi connectivity index (χ3v) is 5.33. The number of hydrogen-bond donors (Lipinski definition) is 0. The molecule has 21 heavy (non-hydrogen) atoms. The molecule has 1 saturated carbocycles. The van der Waals surface area contributed by atoms with Gasteiger partial charge in [0.2, 0.25) is 0 Å². The Labute approximate surface area is 137 Å². The summed E-state index contributed by atoms with van der Waals surface area (Å²) >= 11 is 3.54. The van der Waals surface area contributed by atoms with Crippen LogP contribution in [0.15, 0.2) is 22.7 Å². The molecule has 0 saturated heterocycles. The zero-order valence-corrected chi connectivity index (χ0v) is 14.9. The Morgan fingerprint density at radius 2 is 2.00 bits per heavy atom. The predicted molar refractivity (Wildman–Crippen MR) is 91.6 cm³/mol. The molecule has 2 rings (SSSR count). The minimum Gasteiger partial charge on any atom is -0.336 e. The first kappa shape index (κ1) is 16.5. The summed E-state index contributed by atoms with van der Waals surface area (Å²) in [5, 5.41) is 0. The molecule has 1 aromatic carbocycles. The maximum absolute atomic E-state index is 13.0. The van der Waals surface area contributed by atoms with Gasteiger partial charge in [0.25, 0.3) is 5.91 Å². The van der Waals surface area contributed by atoms with E-state index >= 15 is 0 Å². The second-order valence-electron chi connectivity index (χ2n) is 6.53. The number of carbonyl (C=O) groups excluding carboxylic acids is 1. The summed E-state index contributed by atoms with van der Waals surface area (Å²) in [6.07, 6.45) is 5.92. The summed E-state index contributed by atoms with van der Waals surface area (Å²) < 4.78 is 1.02. The van der Waals surface area contributed by atoms with Gasteiger partial charge in [0, 0.05) is 22.6 Å². The van der Waals surface area contributed by atoms with Gasteiger partial charge >= 0.3 is 0 Å². The smallest absolute Gasteiger partial charge is 0.254 e. The molecule has 0 heterocycles. The first-order valence-electron chi connectivity index (χ1n) is 8.06. The van der Waals surface area contributed by atoms with Crippen molar-refractivity contribution in [2.45, 2.75) is 58.9 Å². The topological polar surface area (TPSA) is 20.3 Å². The summed E-state index contributed by atoms with van der Waals surface area (Å²) in [6, 6.07) is 6.36. The largest absolute Gasteiger partial charge is 0.336 e. The molecular weight excluding hydrogens is 326 g/mol. The fraction of sp³-hybridized carbons (Fsp3) is 0.611. The number of halogens is 1. The Morgan fingerprint density at radius 3 is 2.62 bits per heavy atom. The molecule has 0 radical (unpaired) electrons. The van der Waals surface area contributed by atoms with Gasteiger partial charge in [0.15, 0.2) is 0 Å². The number of nitrogens with zero attached hydrogens (tertiary/aromatic N) is 1. The van der Waals surface area contributed by atoms with E-state index in [1.165, 1.54) is 12.8 Å². The molecule has 0 aliphatic heterocycles. The highest BCUT2D eigenvalue weighted by Crippen LogP contribution is 2.27. The van der Waals surface area contributed by atoms with Crippen molar-refractivity contribution < 1.29 is 4.79 Å². The van der Waals surface area contributed by atoms with Crippen LogP contribution in [0.25, 0.3) is 0 Å². The maximum Gasteiger partial charge on any atom is 0.254 e. The number of rotatable bonds is 5. The normalized spacial score (nSPS) is 15.7. The van der Waals surface area contributed by atoms with Crippen LogP contribution in [-0.2, 0) is 0 Å². The molecule has 0 N–H and O–H groups in total. The van der Waals surface area contributed by atoms with E-state index in [2.05, 4.69) is 34.7 Å². The van der Waals surface area contributed by atoms with Crippen LogP contribution in [-0.4, -0.2) is 23.4 Å². The summed E-state index contributed by atoms with van der Waals surface area (Å²) in [5.41, 5.74) is 1.90. The Balaban J connectivity index is 2.22. The molecule has 0 bridgehead atoms. The lowest BCUT2D eigenvalue weighted by molar-refractivity contribution is 0.0671. The Hall–Kier alpha value is -0.830. The monoisotopic (exact) mass is 351 g/mol. The maximum atomic E-state index is 13.0. The highest BCUT2D eigenvalue weighted by molar-refractivity contribution is 9.10. The average Bonchev–Trinajstić information content (AvgIpc) is 2.95. The van der Waals surface area contributed by atoms with E-state index in [-0.39, 0.29) is 5.91 Å². The molecule has 2 nitrogen and oxygen atoms in total. The lowest BCUT2D eigenvalue weighted by Crippen LogP contribution is -2.40. The fourth-order valence-corrected chi connectivity index (χ4v) is 3.42. The van der Waals surface area contributed by atoms with Crippen LogP contribution in [0.1, 0.15) is 61.9 Å². The van der Waals surface area contributed by atoms with Crippen LogP contribution >= 0.6 is 15.9 Å². The van der Waals surface area contributed by atoms with Gasteiger partial charge in [-0.1, -0.05) is 48.7 Å². The molecule has 1 aliphatic rings. The van der Waals surface area contributed by atoms with Gasteiger partial charge in [0.05, 0.1) is 0 Å². The molecule has 0 unspecified atom stereocenters. The van der Waals surface area contributed by atoms with E-state index < -0.39 is 0 Å². The molecule has 1 aromatic rings. The third kappa shape index (κ3) is 4.09. The van der Waals surface area contributed by atoms with Crippen molar-refractivity contribution in [1.82, 2.24) is 4.90 Å². The number of carbonyl (C=O) groups is 1. The van der Waals surface area contributed by atoms with Gasteiger partial charge in [-0.25, -0.2) is 0 Å². The highest BCUT2D eigenvalue weighted by Gasteiger charge is 2.28. The van der Waals surface area contributed by atoms with Crippen LogP contribution in [0, 0.1) is 12.8 Å². The standard InChI is InChI=1S/C18H26BrNO/c1-13(2)11-12-20(15-7-4-5-8-15)18(21)16-9-6-10-17(19)14(16)3/h6,9-10,13,15H,4-5,7-8,11-12H2,1-3H3. The zero-order chi connectivity index (χ0) is 15.4. The van der Waals surface area contributed by atoms with Crippen LogP contribution in [0.3, 0.4) is 0 Å². The molecule has 1 amide bonds. The second-order valence-corrected chi connectivity index (χ2v) is 7.39. The molecular formula is C18H26BrNO. The minimum absolute atomic E-state index is 0.210. The van der Waals surface area contributed by atoms with Crippen LogP contribution in [0.4, 0.5) is 0 Å². The molecule has 116 valence electrons. The third-order valence-electron chi connectivity index (χ3n) is 4.47. The fourth-order valence-electron chi connectivity index (χ4n) is 3.06. The van der Waals surface area contributed by atoms with Crippen molar-refractivity contribution in [2.75, 3.05) is 6.54 Å². The predicted octanol–water partition coefficient (Wildman–Crippen LogP) is 5.19. The zero-order valence-electron chi connectivity index (χ0n) is 13.4. The second kappa shape index (κ2) is 7.44. The lowest BCUT2D eigenvalue weighted by Gasteiger charge is -2.30. The number of hydrogen-bond acceptors (Lipinski definition) is 1. The van der Waals surface area contributed by atoms with Crippen molar-refractivity contribution in [3.05, 3.63) is 33.8 Å². The number of benzene rings is 1. The minimum atomic E-state index is 0.210. The molecule has 0 aromatic heterocycles. The first-order chi connectivity index (χ1) is 10.0. The Kier molecular flexibility index (Phi) is 5.86. The Bertz CT molecular complexity index is 492. The van der Waals surface area contributed by atoms with E-state index in [1.54, 1.807) is 0 Å². The van der Waals surface area contributed by atoms with Crippen LogP contribution < -0.4 is 0 Å². The summed E-state index contributed by atoms with van der Waals surface area (Å²) in [4.78, 5) is 15.2. The highest BCUT2D eigenvalue weighted by atomic mass is 79.9. The molecule has 0 spiro atoms. The van der Waals surface area contributed by atoms with Gasteiger partial charge in [-0.15, -0.1) is 0 Å². The van der Waals surface area contributed by atoms with E-state index in [1.807, 2.05) is 25.1 Å². The quantitative estimate of drug-likeness (QED) is 0.714. The lowest BCUT2D eigenvalue weighted by atomic mass is 10.0. The average molecular weight is 352 g/mol. The van der Waals surface area contributed by atoms with E-state index in [9.17, 15) is 4.79 Å². The van der Waals surface area contributed by atoms with Crippen molar-refractivity contribution >= 4 is 21.8 Å². The van der Waals surface area contributed by atoms with Gasteiger partial charge in [-0.05, 0) is 49.8 Å². The molecule has 1 fully saturated rings. The molecule has 3 heteroatoms. The first-order valence-corrected chi connectivity index (χ1v) is 8.86. The summed E-state index contributed by atoms with van der Waals surface area (Å²) in [7, 11) is 0. The molecule has 1 aliphatic carbocycles. The Morgan fingerprint density at radius 1 is 1.33 bits per heavy atom. The number of amides is 1. The SMILES string of the molecule is Cc1c(Br)cccc1C(=O)N(CCC(C)C)C1CCCC1. The van der Waals surface area contributed by atoms with Crippen molar-refractivity contribution in [1.29, 1.82) is 0 Å².